The molecule has 0 saturated carbocycles. The minimum absolute atomic E-state index is 0.0452. The number of ether oxygens (including phenoxy) is 2. The highest BCUT2D eigenvalue weighted by Crippen LogP contribution is 2.36. The summed E-state index contributed by atoms with van der Waals surface area (Å²) in [4.78, 5) is 27.9. The third kappa shape index (κ3) is 4.41. The quantitative estimate of drug-likeness (QED) is 0.455. The van der Waals surface area contributed by atoms with Crippen LogP contribution in [0.1, 0.15) is 42.0 Å². The van der Waals surface area contributed by atoms with Gasteiger partial charge in [0.25, 0.3) is 11.5 Å². The summed E-state index contributed by atoms with van der Waals surface area (Å²) in [6, 6.07) is 7.63. The van der Waals surface area contributed by atoms with E-state index in [4.69, 9.17) is 21.7 Å². The zero-order chi connectivity index (χ0) is 24.4. The number of carbonyl (C=O) groups is 1. The predicted molar refractivity (Wildman–Crippen MR) is 136 cm³/mol. The highest BCUT2D eigenvalue weighted by atomic mass is 32.2. The lowest BCUT2D eigenvalue weighted by Crippen LogP contribution is -2.29. The molecule has 0 aliphatic carbocycles. The molecule has 2 aliphatic heterocycles. The van der Waals surface area contributed by atoms with Gasteiger partial charge in [0.1, 0.15) is 21.8 Å². The van der Waals surface area contributed by atoms with E-state index >= 15 is 0 Å². The van der Waals surface area contributed by atoms with Gasteiger partial charge in [0.05, 0.1) is 4.91 Å². The number of amides is 1. The summed E-state index contributed by atoms with van der Waals surface area (Å²) in [7, 11) is 1.61. The summed E-state index contributed by atoms with van der Waals surface area (Å²) in [5.41, 5.74) is 1.69. The number of thiocarbonyl (C=S) groups is 1. The van der Waals surface area contributed by atoms with Crippen molar-refractivity contribution in [2.24, 2.45) is 7.05 Å². The zero-order valence-electron chi connectivity index (χ0n) is 19.1. The highest BCUT2D eigenvalue weighted by Gasteiger charge is 2.32. The number of unbranched alkanes of at least 4 members (excludes halogenated alkanes) is 1. The van der Waals surface area contributed by atoms with Crippen LogP contribution in [0.2, 0.25) is 0 Å². The first-order valence-electron chi connectivity index (χ1n) is 10.9. The Kier molecular flexibility index (Phi) is 6.95. The van der Waals surface area contributed by atoms with E-state index in [1.807, 2.05) is 24.3 Å². The lowest BCUT2D eigenvalue weighted by molar-refractivity contribution is -0.122. The number of nitrogens with one attached hydrogen (secondary N) is 1. The average Bonchev–Trinajstić information content (AvgIpc) is 3.39. The largest absolute Gasteiger partial charge is 0.454 e. The monoisotopic (exact) mass is 496 g/mol. The molecule has 0 unspecified atom stereocenters. The maximum atomic E-state index is 13.0. The average molecular weight is 497 g/mol. The van der Waals surface area contributed by atoms with Crippen molar-refractivity contribution in [3.63, 3.8) is 0 Å². The van der Waals surface area contributed by atoms with Crippen molar-refractivity contribution >= 4 is 46.1 Å². The van der Waals surface area contributed by atoms with Crippen LogP contribution in [0, 0.1) is 18.3 Å². The Morgan fingerprint density at radius 1 is 1.29 bits per heavy atom. The molecular weight excluding hydrogens is 472 g/mol. The Balaban J connectivity index is 1.72. The van der Waals surface area contributed by atoms with Gasteiger partial charge in [0.2, 0.25) is 6.79 Å². The van der Waals surface area contributed by atoms with Crippen molar-refractivity contribution in [2.45, 2.75) is 33.2 Å². The normalized spacial score (nSPS) is 15.8. The maximum Gasteiger partial charge on any atom is 0.270 e. The summed E-state index contributed by atoms with van der Waals surface area (Å²) >= 11 is 6.66. The summed E-state index contributed by atoms with van der Waals surface area (Å²) in [6.45, 7) is 4.94. The molecule has 1 N–H and O–H groups in total. The van der Waals surface area contributed by atoms with Gasteiger partial charge < -0.3 is 14.8 Å². The van der Waals surface area contributed by atoms with Crippen LogP contribution in [0.4, 0.5) is 5.82 Å². The highest BCUT2D eigenvalue weighted by molar-refractivity contribution is 8.26. The fraction of sp³-hybridized carbons (Fsp3) is 0.333. The van der Waals surface area contributed by atoms with Gasteiger partial charge in [-0.2, -0.15) is 5.26 Å². The topological polar surface area (TPSA) is 96.6 Å². The van der Waals surface area contributed by atoms with Crippen molar-refractivity contribution in [1.29, 1.82) is 5.26 Å². The van der Waals surface area contributed by atoms with Gasteiger partial charge >= 0.3 is 0 Å². The fourth-order valence-corrected chi connectivity index (χ4v) is 5.11. The van der Waals surface area contributed by atoms with Crippen molar-refractivity contribution < 1.29 is 14.3 Å². The van der Waals surface area contributed by atoms with E-state index in [1.165, 1.54) is 16.3 Å². The number of hydrogen-bond acceptors (Lipinski definition) is 8. The number of nitriles is 1. The number of carbonyl (C=O) groups excluding carboxylic acids is 1. The van der Waals surface area contributed by atoms with Gasteiger partial charge in [-0.05, 0) is 42.7 Å². The first-order valence-corrected chi connectivity index (χ1v) is 12.1. The molecule has 0 spiro atoms. The van der Waals surface area contributed by atoms with Crippen LogP contribution in [0.15, 0.2) is 27.9 Å². The van der Waals surface area contributed by atoms with E-state index in [0.29, 0.717) is 50.8 Å². The zero-order valence-corrected chi connectivity index (χ0v) is 20.8. The Bertz CT molecular complexity index is 1310. The third-order valence-electron chi connectivity index (χ3n) is 5.78. The number of aromatic nitrogens is 1. The number of hydrogen-bond donors (Lipinski definition) is 1. The Labute approximate surface area is 207 Å². The van der Waals surface area contributed by atoms with Crippen LogP contribution in [0.5, 0.6) is 11.5 Å². The molecule has 0 radical (unpaired) electrons. The van der Waals surface area contributed by atoms with E-state index in [2.05, 4.69) is 12.2 Å². The van der Waals surface area contributed by atoms with Crippen molar-refractivity contribution in [3.8, 4) is 17.6 Å². The molecule has 1 saturated heterocycles. The Morgan fingerprint density at radius 3 is 2.79 bits per heavy atom. The smallest absolute Gasteiger partial charge is 0.270 e. The molecule has 2 aliphatic rings. The summed E-state index contributed by atoms with van der Waals surface area (Å²) in [5.74, 6) is 1.71. The first-order chi connectivity index (χ1) is 16.3. The Hall–Kier alpha value is -3.29. The molecule has 0 bridgehead atoms. The van der Waals surface area contributed by atoms with E-state index in [0.717, 1.165) is 18.4 Å². The van der Waals surface area contributed by atoms with Crippen molar-refractivity contribution in [3.05, 3.63) is 55.7 Å². The predicted octanol–water partition coefficient (Wildman–Crippen LogP) is 3.91. The Morgan fingerprint density at radius 2 is 2.06 bits per heavy atom. The van der Waals surface area contributed by atoms with Crippen LogP contribution in [-0.4, -0.2) is 33.0 Å². The van der Waals surface area contributed by atoms with Gasteiger partial charge in [-0.1, -0.05) is 43.4 Å². The number of thioether (sulfide) groups is 1. The number of fused-ring (bicyclic) bond motifs is 1. The molecule has 10 heteroatoms. The number of anilines is 1. The molecule has 2 aromatic rings. The van der Waals surface area contributed by atoms with Crippen LogP contribution < -0.4 is 20.3 Å². The van der Waals surface area contributed by atoms with Gasteiger partial charge in [-0.15, -0.1) is 0 Å². The minimum Gasteiger partial charge on any atom is -0.454 e. The molecule has 1 fully saturated rings. The molecule has 3 heterocycles. The second kappa shape index (κ2) is 9.91. The maximum absolute atomic E-state index is 13.0. The molecular formula is C24H24N4O4S2. The second-order valence-corrected chi connectivity index (χ2v) is 9.64. The summed E-state index contributed by atoms with van der Waals surface area (Å²) < 4.78 is 12.7. The molecule has 0 atom stereocenters. The van der Waals surface area contributed by atoms with Gasteiger partial charge in [-0.3, -0.25) is 19.1 Å². The fourth-order valence-electron chi connectivity index (χ4n) is 3.82. The second-order valence-electron chi connectivity index (χ2n) is 7.97. The number of benzene rings is 1. The van der Waals surface area contributed by atoms with E-state index in [9.17, 15) is 14.9 Å². The number of pyridine rings is 1. The standard InChI is InChI=1S/C24H24N4O4S2/c1-4-5-8-28-23(30)20(34-24(28)33)10-16-14(2)17(11-25)22(29)27(3)21(16)26-12-15-6-7-18-19(9-15)32-13-31-18/h6-7,9-10,26H,4-5,8,12-13H2,1-3H3/b20-10+. The molecule has 1 aromatic carbocycles. The van der Waals surface area contributed by atoms with Gasteiger partial charge in [0.15, 0.2) is 11.5 Å². The lowest BCUT2D eigenvalue weighted by Gasteiger charge is -2.18. The molecule has 176 valence electrons. The third-order valence-corrected chi connectivity index (χ3v) is 7.16. The van der Waals surface area contributed by atoms with Crippen LogP contribution in [0.3, 0.4) is 0 Å². The molecule has 1 amide bonds. The van der Waals surface area contributed by atoms with Crippen LogP contribution in [-0.2, 0) is 18.4 Å². The van der Waals surface area contributed by atoms with Crippen LogP contribution in [0.25, 0.3) is 6.08 Å². The van der Waals surface area contributed by atoms with E-state index in [-0.39, 0.29) is 18.3 Å². The lowest BCUT2D eigenvalue weighted by atomic mass is 10.0. The van der Waals surface area contributed by atoms with Crippen LogP contribution >= 0.6 is 24.0 Å². The molecule has 4 rings (SSSR count). The summed E-state index contributed by atoms with van der Waals surface area (Å²) in [5, 5.41) is 12.9. The molecule has 8 nitrogen and oxygen atoms in total. The molecule has 34 heavy (non-hydrogen) atoms. The molecule has 1 aromatic heterocycles. The van der Waals surface area contributed by atoms with E-state index < -0.39 is 5.56 Å². The first kappa shape index (κ1) is 23.9. The SMILES string of the molecule is CCCCN1C(=O)/C(=C\c2c(C)c(C#N)c(=O)n(C)c2NCc2ccc3c(c2)OCO3)SC1=S. The van der Waals surface area contributed by atoms with Gasteiger partial charge in [0, 0.05) is 25.7 Å². The van der Waals surface area contributed by atoms with Crippen molar-refractivity contribution in [2.75, 3.05) is 18.7 Å². The summed E-state index contributed by atoms with van der Waals surface area (Å²) in [6.07, 6.45) is 3.54. The van der Waals surface area contributed by atoms with Gasteiger partial charge in [-0.25, -0.2) is 0 Å². The minimum atomic E-state index is -0.402. The van der Waals surface area contributed by atoms with E-state index in [1.54, 1.807) is 24.9 Å². The number of rotatable bonds is 7. The number of nitrogens with zero attached hydrogens (tertiary/aromatic N) is 3. The van der Waals surface area contributed by atoms with Crippen molar-refractivity contribution in [1.82, 2.24) is 9.47 Å².